The van der Waals surface area contributed by atoms with Gasteiger partial charge in [0.15, 0.2) is 11.5 Å². The molecule has 24 heavy (non-hydrogen) atoms. The van der Waals surface area contributed by atoms with Crippen LogP contribution < -0.4 is 15.0 Å². The molecule has 0 atom stereocenters. The highest BCUT2D eigenvalue weighted by atomic mass is 19.1. The van der Waals surface area contributed by atoms with Gasteiger partial charge in [0, 0.05) is 6.07 Å². The number of ether oxygens (including phenoxy) is 2. The van der Waals surface area contributed by atoms with Crippen LogP contribution in [0.4, 0.5) is 4.39 Å². The van der Waals surface area contributed by atoms with E-state index in [-0.39, 0.29) is 11.4 Å². The summed E-state index contributed by atoms with van der Waals surface area (Å²) in [4.78, 5) is 19.3. The average Bonchev–Trinajstić information content (AvgIpc) is 2.60. The second-order valence-electron chi connectivity index (χ2n) is 5.06. The summed E-state index contributed by atoms with van der Waals surface area (Å²) < 4.78 is 23.3. The first kappa shape index (κ1) is 15.7. The molecule has 0 aliphatic carbocycles. The van der Waals surface area contributed by atoms with E-state index in [4.69, 9.17) is 9.47 Å². The first-order valence-corrected chi connectivity index (χ1v) is 7.20. The summed E-state index contributed by atoms with van der Waals surface area (Å²) in [5.41, 5.74) is 1.02. The third-order valence-corrected chi connectivity index (χ3v) is 3.53. The molecule has 0 spiro atoms. The molecule has 2 aromatic carbocycles. The summed E-state index contributed by atoms with van der Waals surface area (Å²) in [5.74, 6) is 1.05. The van der Waals surface area contributed by atoms with Crippen LogP contribution in [0.1, 0.15) is 11.4 Å². The number of benzene rings is 2. The standard InChI is InChI=1S/C18H15FN2O3/c1-23-15-9-13-14(10-16(15)24-2)20-17(21-18(13)22)8-5-11-3-6-12(19)7-4-11/h3-10H,1-2H3,(H,20,21,22)/b8-5+. The van der Waals surface area contributed by atoms with Gasteiger partial charge in [0.25, 0.3) is 5.56 Å². The van der Waals surface area contributed by atoms with Gasteiger partial charge in [0.1, 0.15) is 11.6 Å². The van der Waals surface area contributed by atoms with Crippen molar-refractivity contribution in [3.8, 4) is 11.5 Å². The van der Waals surface area contributed by atoms with Crippen LogP contribution in [-0.2, 0) is 0 Å². The summed E-state index contributed by atoms with van der Waals surface area (Å²) in [6.07, 6.45) is 3.40. The largest absolute Gasteiger partial charge is 0.493 e. The zero-order valence-electron chi connectivity index (χ0n) is 13.2. The minimum Gasteiger partial charge on any atom is -0.493 e. The van der Waals surface area contributed by atoms with Gasteiger partial charge in [0.05, 0.1) is 25.1 Å². The van der Waals surface area contributed by atoms with E-state index in [1.54, 1.807) is 36.4 Å². The number of methoxy groups -OCH3 is 2. The maximum atomic E-state index is 12.9. The molecular formula is C18H15FN2O3. The van der Waals surface area contributed by atoms with E-state index in [0.717, 1.165) is 5.56 Å². The number of halogens is 1. The molecule has 1 heterocycles. The molecule has 3 aromatic rings. The van der Waals surface area contributed by atoms with Crippen molar-refractivity contribution in [2.24, 2.45) is 0 Å². The number of nitrogens with zero attached hydrogens (tertiary/aromatic N) is 1. The minimum atomic E-state index is -0.301. The molecule has 6 heteroatoms. The van der Waals surface area contributed by atoms with Crippen molar-refractivity contribution in [3.63, 3.8) is 0 Å². The smallest absolute Gasteiger partial charge is 0.259 e. The van der Waals surface area contributed by atoms with Gasteiger partial charge in [-0.05, 0) is 29.8 Å². The third kappa shape index (κ3) is 3.12. The lowest BCUT2D eigenvalue weighted by Crippen LogP contribution is -2.10. The molecule has 0 amide bonds. The Balaban J connectivity index is 2.03. The monoisotopic (exact) mass is 326 g/mol. The lowest BCUT2D eigenvalue weighted by molar-refractivity contribution is 0.355. The van der Waals surface area contributed by atoms with Crippen molar-refractivity contribution in [1.82, 2.24) is 9.97 Å². The van der Waals surface area contributed by atoms with Gasteiger partial charge in [-0.2, -0.15) is 0 Å². The van der Waals surface area contributed by atoms with Crippen LogP contribution in [0, 0.1) is 5.82 Å². The summed E-state index contributed by atoms with van der Waals surface area (Å²) in [6, 6.07) is 9.25. The maximum Gasteiger partial charge on any atom is 0.259 e. The molecule has 5 nitrogen and oxygen atoms in total. The SMILES string of the molecule is COc1cc2nc(/C=C/c3ccc(F)cc3)[nH]c(=O)c2cc1OC. The molecule has 0 bridgehead atoms. The molecule has 0 radical (unpaired) electrons. The lowest BCUT2D eigenvalue weighted by Gasteiger charge is -2.08. The van der Waals surface area contributed by atoms with E-state index in [1.165, 1.54) is 26.4 Å². The Hall–Kier alpha value is -3.15. The molecular weight excluding hydrogens is 311 g/mol. The third-order valence-electron chi connectivity index (χ3n) is 3.53. The van der Waals surface area contributed by atoms with Crippen LogP contribution in [0.5, 0.6) is 11.5 Å². The summed E-state index contributed by atoms with van der Waals surface area (Å²) in [6.45, 7) is 0. The Labute approximate surface area is 137 Å². The van der Waals surface area contributed by atoms with E-state index >= 15 is 0 Å². The second-order valence-corrected chi connectivity index (χ2v) is 5.06. The van der Waals surface area contributed by atoms with Crippen molar-refractivity contribution in [3.05, 3.63) is 64.0 Å². The van der Waals surface area contributed by atoms with Crippen molar-refractivity contribution < 1.29 is 13.9 Å². The predicted molar refractivity (Wildman–Crippen MR) is 90.8 cm³/mol. The minimum absolute atomic E-state index is 0.278. The van der Waals surface area contributed by atoms with E-state index in [2.05, 4.69) is 9.97 Å². The van der Waals surface area contributed by atoms with E-state index in [9.17, 15) is 9.18 Å². The Bertz CT molecular complexity index is 962. The predicted octanol–water partition coefficient (Wildman–Crippen LogP) is 3.25. The topological polar surface area (TPSA) is 64.2 Å². The van der Waals surface area contributed by atoms with Gasteiger partial charge in [-0.1, -0.05) is 18.2 Å². The summed E-state index contributed by atoms with van der Waals surface area (Å²) in [7, 11) is 3.03. The fourth-order valence-electron chi connectivity index (χ4n) is 2.31. The van der Waals surface area contributed by atoms with Gasteiger partial charge < -0.3 is 14.5 Å². The Kier molecular flexibility index (Phi) is 4.29. The zero-order valence-corrected chi connectivity index (χ0v) is 13.2. The normalized spacial score (nSPS) is 11.1. The number of hydrogen-bond acceptors (Lipinski definition) is 4. The Morgan fingerprint density at radius 3 is 2.38 bits per heavy atom. The van der Waals surface area contributed by atoms with Crippen molar-refractivity contribution >= 4 is 23.1 Å². The van der Waals surface area contributed by atoms with Crippen LogP contribution in [0.25, 0.3) is 23.1 Å². The highest BCUT2D eigenvalue weighted by Crippen LogP contribution is 2.29. The van der Waals surface area contributed by atoms with Crippen LogP contribution in [0.15, 0.2) is 41.2 Å². The van der Waals surface area contributed by atoms with Gasteiger partial charge in [0.2, 0.25) is 0 Å². The molecule has 0 saturated carbocycles. The molecule has 0 saturated heterocycles. The molecule has 0 aliphatic rings. The molecule has 1 N–H and O–H groups in total. The van der Waals surface area contributed by atoms with Gasteiger partial charge in [-0.25, -0.2) is 9.37 Å². The summed E-state index contributed by atoms with van der Waals surface area (Å²) >= 11 is 0. The average molecular weight is 326 g/mol. The first-order chi connectivity index (χ1) is 11.6. The molecule has 0 aliphatic heterocycles. The number of aromatic nitrogens is 2. The number of hydrogen-bond donors (Lipinski definition) is 1. The lowest BCUT2D eigenvalue weighted by atomic mass is 10.2. The molecule has 0 fully saturated rings. The first-order valence-electron chi connectivity index (χ1n) is 7.20. The fourth-order valence-corrected chi connectivity index (χ4v) is 2.31. The van der Waals surface area contributed by atoms with E-state index in [0.29, 0.717) is 28.2 Å². The number of aromatic amines is 1. The Morgan fingerprint density at radius 2 is 1.71 bits per heavy atom. The molecule has 0 unspecified atom stereocenters. The molecule has 1 aromatic heterocycles. The summed E-state index contributed by atoms with van der Waals surface area (Å²) in [5, 5.41) is 0.409. The quantitative estimate of drug-likeness (QED) is 0.799. The van der Waals surface area contributed by atoms with Gasteiger partial charge >= 0.3 is 0 Å². The molecule has 3 rings (SSSR count). The number of nitrogens with one attached hydrogen (secondary N) is 1. The van der Waals surface area contributed by atoms with Gasteiger partial charge in [-0.15, -0.1) is 0 Å². The second kappa shape index (κ2) is 6.54. The van der Waals surface area contributed by atoms with Crippen LogP contribution in [0.2, 0.25) is 0 Å². The number of fused-ring (bicyclic) bond motifs is 1. The maximum absolute atomic E-state index is 12.9. The molecule has 122 valence electrons. The highest BCUT2D eigenvalue weighted by molar-refractivity contribution is 5.83. The van der Waals surface area contributed by atoms with E-state index < -0.39 is 0 Å². The van der Waals surface area contributed by atoms with Crippen LogP contribution >= 0.6 is 0 Å². The Morgan fingerprint density at radius 1 is 1.04 bits per heavy atom. The highest BCUT2D eigenvalue weighted by Gasteiger charge is 2.10. The van der Waals surface area contributed by atoms with Gasteiger partial charge in [-0.3, -0.25) is 4.79 Å². The zero-order chi connectivity index (χ0) is 17.1. The van der Waals surface area contributed by atoms with E-state index in [1.807, 2.05) is 0 Å². The van der Waals surface area contributed by atoms with Crippen LogP contribution in [0.3, 0.4) is 0 Å². The van der Waals surface area contributed by atoms with Crippen molar-refractivity contribution in [2.45, 2.75) is 0 Å². The number of H-pyrrole nitrogens is 1. The number of rotatable bonds is 4. The fraction of sp³-hybridized carbons (Fsp3) is 0.111. The van der Waals surface area contributed by atoms with Crippen molar-refractivity contribution in [1.29, 1.82) is 0 Å². The van der Waals surface area contributed by atoms with Crippen molar-refractivity contribution in [2.75, 3.05) is 14.2 Å². The van der Waals surface area contributed by atoms with Crippen LogP contribution in [-0.4, -0.2) is 24.2 Å².